The Bertz CT molecular complexity index is 1080. The molecule has 2 heterocycles. The molecule has 2 aromatic carbocycles. The number of benzene rings is 2. The van der Waals surface area contributed by atoms with Gasteiger partial charge >= 0.3 is 0 Å². The van der Waals surface area contributed by atoms with Crippen LogP contribution in [0.25, 0.3) is 5.69 Å². The molecule has 0 saturated carbocycles. The molecule has 1 N–H and O–H groups in total. The summed E-state index contributed by atoms with van der Waals surface area (Å²) in [5.41, 5.74) is 0.634. The second kappa shape index (κ2) is 8.40. The monoisotopic (exact) mass is 411 g/mol. The lowest BCUT2D eigenvalue weighted by atomic mass is 10.0. The maximum atomic E-state index is 13.7. The molecular weight excluding hydrogens is 392 g/mol. The van der Waals surface area contributed by atoms with E-state index < -0.39 is 17.5 Å². The fourth-order valence-corrected chi connectivity index (χ4v) is 3.40. The van der Waals surface area contributed by atoms with E-state index in [0.29, 0.717) is 31.6 Å². The molecule has 3 aromatic rings. The normalized spacial score (nSPS) is 14.5. The molecule has 9 heteroatoms. The van der Waals surface area contributed by atoms with Crippen LogP contribution in [-0.4, -0.2) is 50.8 Å². The number of carbonyl (C=O) groups excluding carboxylic acids is 2. The van der Waals surface area contributed by atoms with Crippen LogP contribution in [-0.2, 0) is 0 Å². The Morgan fingerprint density at radius 3 is 2.53 bits per heavy atom. The van der Waals surface area contributed by atoms with Gasteiger partial charge < -0.3 is 10.2 Å². The predicted octanol–water partition coefficient (Wildman–Crippen LogP) is 2.58. The van der Waals surface area contributed by atoms with Gasteiger partial charge in [-0.25, -0.2) is 13.5 Å². The van der Waals surface area contributed by atoms with Crippen molar-refractivity contribution in [1.82, 2.24) is 25.2 Å². The van der Waals surface area contributed by atoms with Gasteiger partial charge in [-0.2, -0.15) is 0 Å². The summed E-state index contributed by atoms with van der Waals surface area (Å²) in [7, 11) is 0. The fraction of sp³-hybridized carbons (Fsp3) is 0.238. The number of halogens is 2. The first-order valence-electron chi connectivity index (χ1n) is 9.54. The highest BCUT2D eigenvalue weighted by molar-refractivity contribution is 5.94. The molecule has 2 amide bonds. The highest BCUT2D eigenvalue weighted by atomic mass is 19.1. The van der Waals surface area contributed by atoms with Crippen molar-refractivity contribution in [3.05, 3.63) is 77.6 Å². The van der Waals surface area contributed by atoms with Crippen LogP contribution < -0.4 is 5.32 Å². The van der Waals surface area contributed by atoms with E-state index in [1.165, 1.54) is 41.2 Å². The molecule has 4 rings (SSSR count). The topological polar surface area (TPSA) is 80.1 Å². The Hall–Kier alpha value is -3.62. The van der Waals surface area contributed by atoms with Crippen LogP contribution in [0.2, 0.25) is 0 Å². The zero-order chi connectivity index (χ0) is 21.1. The summed E-state index contributed by atoms with van der Waals surface area (Å²) in [5, 5.41) is 10.6. The van der Waals surface area contributed by atoms with Gasteiger partial charge in [-0.1, -0.05) is 23.4 Å². The van der Waals surface area contributed by atoms with Crippen LogP contribution in [0.15, 0.2) is 54.7 Å². The summed E-state index contributed by atoms with van der Waals surface area (Å²) in [6, 6.07) is 11.5. The maximum absolute atomic E-state index is 13.7. The molecule has 0 spiro atoms. The first-order valence-corrected chi connectivity index (χ1v) is 9.54. The standard InChI is InChI=1S/C21H19F2N5O2/c22-14-4-3-5-16(12-14)28-13-19(25-26-28)21(30)27-10-8-15(9-11-27)24-20(29)17-6-1-2-7-18(17)23/h1-7,12-13,15H,8-11H2,(H,24,29). The number of amides is 2. The molecule has 0 bridgehead atoms. The maximum Gasteiger partial charge on any atom is 0.276 e. The van der Waals surface area contributed by atoms with Crippen molar-refractivity contribution in [2.75, 3.05) is 13.1 Å². The third kappa shape index (κ3) is 4.19. The third-order valence-electron chi connectivity index (χ3n) is 5.02. The summed E-state index contributed by atoms with van der Waals surface area (Å²) in [6.07, 6.45) is 2.55. The van der Waals surface area contributed by atoms with Crippen LogP contribution in [0.5, 0.6) is 0 Å². The van der Waals surface area contributed by atoms with Gasteiger partial charge in [0.15, 0.2) is 5.69 Å². The van der Waals surface area contributed by atoms with Crippen molar-refractivity contribution in [2.24, 2.45) is 0 Å². The van der Waals surface area contributed by atoms with E-state index in [2.05, 4.69) is 15.6 Å². The van der Waals surface area contributed by atoms with Crippen LogP contribution in [0.3, 0.4) is 0 Å². The molecule has 0 unspecified atom stereocenters. The lowest BCUT2D eigenvalue weighted by Crippen LogP contribution is -2.46. The molecule has 30 heavy (non-hydrogen) atoms. The molecule has 1 aliphatic heterocycles. The number of hydrogen-bond donors (Lipinski definition) is 1. The van der Waals surface area contributed by atoms with Gasteiger partial charge in [-0.15, -0.1) is 5.10 Å². The van der Waals surface area contributed by atoms with E-state index in [9.17, 15) is 18.4 Å². The van der Waals surface area contributed by atoms with Gasteiger partial charge in [0.2, 0.25) is 0 Å². The molecule has 0 radical (unpaired) electrons. The molecule has 0 atom stereocenters. The van der Waals surface area contributed by atoms with Gasteiger partial charge in [0, 0.05) is 19.1 Å². The zero-order valence-corrected chi connectivity index (χ0v) is 16.0. The minimum atomic E-state index is -0.566. The summed E-state index contributed by atoms with van der Waals surface area (Å²) in [4.78, 5) is 26.6. The Kier molecular flexibility index (Phi) is 5.51. The second-order valence-electron chi connectivity index (χ2n) is 7.05. The number of rotatable bonds is 4. The third-order valence-corrected chi connectivity index (χ3v) is 5.02. The lowest BCUT2D eigenvalue weighted by Gasteiger charge is -2.31. The Labute approximate surface area is 171 Å². The predicted molar refractivity (Wildman–Crippen MR) is 104 cm³/mol. The molecule has 1 saturated heterocycles. The lowest BCUT2D eigenvalue weighted by molar-refractivity contribution is 0.0692. The van der Waals surface area contributed by atoms with E-state index in [1.807, 2.05) is 0 Å². The largest absolute Gasteiger partial charge is 0.349 e. The minimum absolute atomic E-state index is 0.00460. The number of likely N-dealkylation sites (tertiary alicyclic amines) is 1. The summed E-state index contributed by atoms with van der Waals surface area (Å²) in [6.45, 7) is 0.849. The molecular formula is C21H19F2N5O2. The number of nitrogens with zero attached hydrogens (tertiary/aromatic N) is 4. The van der Waals surface area contributed by atoms with E-state index in [-0.39, 0.29) is 23.2 Å². The van der Waals surface area contributed by atoms with Crippen LogP contribution >= 0.6 is 0 Å². The summed E-state index contributed by atoms with van der Waals surface area (Å²) >= 11 is 0. The smallest absolute Gasteiger partial charge is 0.276 e. The average Bonchev–Trinajstić information content (AvgIpc) is 3.24. The quantitative estimate of drug-likeness (QED) is 0.716. The highest BCUT2D eigenvalue weighted by Gasteiger charge is 2.27. The van der Waals surface area contributed by atoms with E-state index in [4.69, 9.17) is 0 Å². The Balaban J connectivity index is 1.35. The van der Waals surface area contributed by atoms with Crippen molar-refractivity contribution in [2.45, 2.75) is 18.9 Å². The second-order valence-corrected chi connectivity index (χ2v) is 7.05. The number of carbonyl (C=O) groups is 2. The van der Waals surface area contributed by atoms with Crippen molar-refractivity contribution in [3.8, 4) is 5.69 Å². The first kappa shape index (κ1) is 19.7. The zero-order valence-electron chi connectivity index (χ0n) is 16.0. The van der Waals surface area contributed by atoms with E-state index in [1.54, 1.807) is 23.1 Å². The Morgan fingerprint density at radius 1 is 1.03 bits per heavy atom. The fourth-order valence-electron chi connectivity index (χ4n) is 3.40. The van der Waals surface area contributed by atoms with Crippen molar-refractivity contribution in [3.63, 3.8) is 0 Å². The van der Waals surface area contributed by atoms with Crippen molar-refractivity contribution < 1.29 is 18.4 Å². The van der Waals surface area contributed by atoms with Crippen molar-refractivity contribution in [1.29, 1.82) is 0 Å². The number of piperidine rings is 1. The first-order chi connectivity index (χ1) is 14.5. The minimum Gasteiger partial charge on any atom is -0.349 e. The molecule has 154 valence electrons. The SMILES string of the molecule is O=C(NC1CCN(C(=O)c2cn(-c3cccc(F)c3)nn2)CC1)c1ccccc1F. The molecule has 1 aliphatic rings. The van der Waals surface area contributed by atoms with Crippen LogP contribution in [0.4, 0.5) is 8.78 Å². The van der Waals surface area contributed by atoms with Gasteiger partial charge in [0.25, 0.3) is 11.8 Å². The number of hydrogen-bond acceptors (Lipinski definition) is 4. The van der Waals surface area contributed by atoms with Crippen molar-refractivity contribution >= 4 is 11.8 Å². The number of aromatic nitrogens is 3. The van der Waals surface area contributed by atoms with E-state index in [0.717, 1.165) is 0 Å². The average molecular weight is 411 g/mol. The molecule has 1 aromatic heterocycles. The Morgan fingerprint density at radius 2 is 1.80 bits per heavy atom. The summed E-state index contributed by atoms with van der Waals surface area (Å²) < 4.78 is 28.5. The molecule has 7 nitrogen and oxygen atoms in total. The highest BCUT2D eigenvalue weighted by Crippen LogP contribution is 2.16. The van der Waals surface area contributed by atoms with Crippen LogP contribution in [0, 0.1) is 11.6 Å². The van der Waals surface area contributed by atoms with Gasteiger partial charge in [-0.3, -0.25) is 9.59 Å². The molecule has 0 aliphatic carbocycles. The van der Waals surface area contributed by atoms with Crippen LogP contribution in [0.1, 0.15) is 33.7 Å². The van der Waals surface area contributed by atoms with E-state index >= 15 is 0 Å². The van der Waals surface area contributed by atoms with Gasteiger partial charge in [0.1, 0.15) is 11.6 Å². The van der Waals surface area contributed by atoms with Gasteiger partial charge in [0.05, 0.1) is 17.4 Å². The number of nitrogens with one attached hydrogen (secondary N) is 1. The van der Waals surface area contributed by atoms with Gasteiger partial charge in [-0.05, 0) is 43.2 Å². The molecule has 1 fully saturated rings. The summed E-state index contributed by atoms with van der Waals surface area (Å²) in [5.74, 6) is -1.72.